The van der Waals surface area contributed by atoms with Crippen molar-refractivity contribution >= 4 is 0 Å². The van der Waals surface area contributed by atoms with Gasteiger partial charge in [0.25, 0.3) is 0 Å². The van der Waals surface area contributed by atoms with Crippen LogP contribution in [0.15, 0.2) is 0 Å². The van der Waals surface area contributed by atoms with Crippen LogP contribution in [0.25, 0.3) is 0 Å². The van der Waals surface area contributed by atoms with Crippen LogP contribution in [-0.4, -0.2) is 48.1 Å². The fourth-order valence-corrected chi connectivity index (χ4v) is 2.47. The summed E-state index contributed by atoms with van der Waals surface area (Å²) < 4.78 is 0. The van der Waals surface area contributed by atoms with Gasteiger partial charge >= 0.3 is 0 Å². The monoisotopic (exact) mass is 193 g/mol. The number of likely N-dealkylation sites (N-methyl/N-ethyl adjacent to an activating group) is 1. The number of hydrogen-bond acceptors (Lipinski definition) is 3. The van der Waals surface area contributed by atoms with E-state index in [1.165, 1.54) is 12.8 Å². The first-order valence-corrected chi connectivity index (χ1v) is 5.55. The Morgan fingerprint density at radius 3 is 2.64 bits per heavy atom. The molecule has 0 aromatic heterocycles. The maximum absolute atomic E-state index is 8.75. The lowest BCUT2D eigenvalue weighted by Crippen LogP contribution is -2.56. The largest absolute Gasteiger partial charge is 0.300 e. The average molecular weight is 193 g/mol. The van der Waals surface area contributed by atoms with Crippen LogP contribution in [-0.2, 0) is 0 Å². The predicted octanol–water partition coefficient (Wildman–Crippen LogP) is 1.07. The van der Waals surface area contributed by atoms with Gasteiger partial charge in [0.2, 0.25) is 0 Å². The molecule has 14 heavy (non-hydrogen) atoms. The summed E-state index contributed by atoms with van der Waals surface area (Å²) in [4.78, 5) is 4.94. The van der Waals surface area contributed by atoms with E-state index in [-0.39, 0.29) is 0 Å². The van der Waals surface area contributed by atoms with Crippen LogP contribution in [0.3, 0.4) is 0 Å². The molecule has 2 aliphatic rings. The second kappa shape index (κ2) is 3.88. The molecule has 2 unspecified atom stereocenters. The van der Waals surface area contributed by atoms with E-state index in [0.29, 0.717) is 18.5 Å². The summed E-state index contributed by atoms with van der Waals surface area (Å²) in [6.45, 7) is 4.51. The van der Waals surface area contributed by atoms with Crippen molar-refractivity contribution in [3.8, 4) is 6.07 Å². The molecule has 1 saturated carbocycles. The molecule has 78 valence electrons. The standard InChI is InChI=1S/C11H19N3/c1-9-7-13(2)11(5-6-12)8-14(9)10-3-4-10/h9-11H,3-5,7-8H2,1-2H3. The van der Waals surface area contributed by atoms with Crippen molar-refractivity contribution in [2.75, 3.05) is 20.1 Å². The van der Waals surface area contributed by atoms with Gasteiger partial charge in [0, 0.05) is 31.2 Å². The number of piperazine rings is 1. The summed E-state index contributed by atoms with van der Waals surface area (Å²) in [6, 6.07) is 4.25. The lowest BCUT2D eigenvalue weighted by Gasteiger charge is -2.43. The van der Waals surface area contributed by atoms with Crippen LogP contribution < -0.4 is 0 Å². The highest BCUT2D eigenvalue weighted by atomic mass is 15.3. The van der Waals surface area contributed by atoms with Gasteiger partial charge in [0.1, 0.15) is 0 Å². The quantitative estimate of drug-likeness (QED) is 0.657. The Kier molecular flexibility index (Phi) is 2.76. The van der Waals surface area contributed by atoms with E-state index in [4.69, 9.17) is 5.26 Å². The van der Waals surface area contributed by atoms with Crippen LogP contribution in [0.5, 0.6) is 0 Å². The van der Waals surface area contributed by atoms with Crippen LogP contribution in [0.4, 0.5) is 0 Å². The first kappa shape index (κ1) is 9.95. The third kappa shape index (κ3) is 1.92. The summed E-state index contributed by atoms with van der Waals surface area (Å²) in [5.41, 5.74) is 0. The molecule has 2 atom stereocenters. The lowest BCUT2D eigenvalue weighted by atomic mass is 10.1. The van der Waals surface area contributed by atoms with Gasteiger partial charge in [-0.15, -0.1) is 0 Å². The van der Waals surface area contributed by atoms with Gasteiger partial charge in [-0.2, -0.15) is 5.26 Å². The Morgan fingerprint density at radius 1 is 1.36 bits per heavy atom. The minimum Gasteiger partial charge on any atom is -0.300 e. The molecular formula is C11H19N3. The molecule has 0 N–H and O–H groups in total. The maximum atomic E-state index is 8.75. The first-order chi connectivity index (χ1) is 6.72. The molecule has 2 rings (SSSR count). The van der Waals surface area contributed by atoms with E-state index in [0.717, 1.165) is 19.1 Å². The molecule has 1 aliphatic heterocycles. The third-order valence-electron chi connectivity index (χ3n) is 3.51. The fraction of sp³-hybridized carbons (Fsp3) is 0.909. The Morgan fingerprint density at radius 2 is 2.07 bits per heavy atom. The molecular weight excluding hydrogens is 174 g/mol. The van der Waals surface area contributed by atoms with E-state index >= 15 is 0 Å². The number of nitriles is 1. The minimum absolute atomic E-state index is 0.455. The first-order valence-electron chi connectivity index (χ1n) is 5.55. The number of nitrogens with zero attached hydrogens (tertiary/aromatic N) is 3. The van der Waals surface area contributed by atoms with Crippen molar-refractivity contribution in [3.63, 3.8) is 0 Å². The molecule has 1 aliphatic carbocycles. The molecule has 1 saturated heterocycles. The van der Waals surface area contributed by atoms with Gasteiger partial charge in [-0.1, -0.05) is 0 Å². The van der Waals surface area contributed by atoms with Crippen LogP contribution in [0.1, 0.15) is 26.2 Å². The van der Waals surface area contributed by atoms with Gasteiger partial charge in [-0.25, -0.2) is 0 Å². The zero-order chi connectivity index (χ0) is 10.1. The van der Waals surface area contributed by atoms with E-state index in [1.54, 1.807) is 0 Å². The van der Waals surface area contributed by atoms with Gasteiger partial charge in [0.15, 0.2) is 0 Å². The highest BCUT2D eigenvalue weighted by molar-refractivity contribution is 4.96. The van der Waals surface area contributed by atoms with Crippen molar-refractivity contribution in [3.05, 3.63) is 0 Å². The molecule has 0 amide bonds. The van der Waals surface area contributed by atoms with E-state index < -0.39 is 0 Å². The van der Waals surface area contributed by atoms with Crippen molar-refractivity contribution in [2.24, 2.45) is 0 Å². The Labute approximate surface area is 86.3 Å². The molecule has 1 heterocycles. The number of rotatable bonds is 2. The normalized spacial score (nSPS) is 35.5. The van der Waals surface area contributed by atoms with Crippen LogP contribution in [0.2, 0.25) is 0 Å². The summed E-state index contributed by atoms with van der Waals surface area (Å²) >= 11 is 0. The Balaban J connectivity index is 1.97. The van der Waals surface area contributed by atoms with Gasteiger partial charge in [0.05, 0.1) is 12.5 Å². The minimum atomic E-state index is 0.455. The van der Waals surface area contributed by atoms with Crippen molar-refractivity contribution < 1.29 is 0 Å². The number of hydrogen-bond donors (Lipinski definition) is 0. The molecule has 0 radical (unpaired) electrons. The molecule has 0 aromatic rings. The smallest absolute Gasteiger partial charge is 0.0638 e. The summed E-state index contributed by atoms with van der Waals surface area (Å²) in [5.74, 6) is 0. The van der Waals surface area contributed by atoms with Gasteiger partial charge in [-0.05, 0) is 26.8 Å². The lowest BCUT2D eigenvalue weighted by molar-refractivity contribution is 0.0485. The predicted molar refractivity (Wildman–Crippen MR) is 55.8 cm³/mol. The van der Waals surface area contributed by atoms with Crippen LogP contribution >= 0.6 is 0 Å². The zero-order valence-electron chi connectivity index (χ0n) is 9.11. The highest BCUT2D eigenvalue weighted by Crippen LogP contribution is 2.31. The molecule has 2 fully saturated rings. The third-order valence-corrected chi connectivity index (χ3v) is 3.51. The van der Waals surface area contributed by atoms with Gasteiger partial charge in [-0.3, -0.25) is 9.80 Å². The Hall–Kier alpha value is -0.590. The van der Waals surface area contributed by atoms with Crippen molar-refractivity contribution in [2.45, 2.75) is 44.3 Å². The van der Waals surface area contributed by atoms with Crippen LogP contribution in [0, 0.1) is 11.3 Å². The van der Waals surface area contributed by atoms with Gasteiger partial charge < -0.3 is 0 Å². The summed E-state index contributed by atoms with van der Waals surface area (Å²) in [5, 5.41) is 8.75. The molecule has 0 bridgehead atoms. The molecule has 0 spiro atoms. The van der Waals surface area contributed by atoms with Crippen molar-refractivity contribution in [1.29, 1.82) is 5.26 Å². The average Bonchev–Trinajstić information content (AvgIpc) is 2.93. The summed E-state index contributed by atoms with van der Waals surface area (Å²) in [6.07, 6.45) is 3.41. The zero-order valence-corrected chi connectivity index (χ0v) is 9.11. The topological polar surface area (TPSA) is 30.3 Å². The molecule has 0 aromatic carbocycles. The second-order valence-electron chi connectivity index (χ2n) is 4.73. The molecule has 3 nitrogen and oxygen atoms in total. The SMILES string of the molecule is CC1CN(C)C(CC#N)CN1C1CC1. The second-order valence-corrected chi connectivity index (χ2v) is 4.73. The maximum Gasteiger partial charge on any atom is 0.0638 e. The van der Waals surface area contributed by atoms with E-state index in [2.05, 4.69) is 29.8 Å². The molecule has 3 heteroatoms. The highest BCUT2D eigenvalue weighted by Gasteiger charge is 2.37. The van der Waals surface area contributed by atoms with Crippen molar-refractivity contribution in [1.82, 2.24) is 9.80 Å². The fourth-order valence-electron chi connectivity index (χ4n) is 2.47. The van der Waals surface area contributed by atoms with E-state index in [9.17, 15) is 0 Å². The Bertz CT molecular complexity index is 241. The van der Waals surface area contributed by atoms with E-state index in [1.807, 2.05) is 0 Å². The summed E-state index contributed by atoms with van der Waals surface area (Å²) in [7, 11) is 2.14.